The molecule has 0 saturated heterocycles. The molecule has 0 spiro atoms. The summed E-state index contributed by atoms with van der Waals surface area (Å²) in [6.07, 6.45) is 11.4. The number of nitrogens with two attached hydrogens (primary N) is 1. The second-order valence-corrected chi connectivity index (χ2v) is 4.81. The molecule has 2 atom stereocenters. The predicted octanol–water partition coefficient (Wildman–Crippen LogP) is 1.86. The van der Waals surface area contributed by atoms with Crippen molar-refractivity contribution >= 4 is 0 Å². The van der Waals surface area contributed by atoms with Crippen molar-refractivity contribution in [1.82, 2.24) is 15.1 Å². The minimum atomic E-state index is 0.0742. The van der Waals surface area contributed by atoms with Gasteiger partial charge in [0.2, 0.25) is 0 Å². The molecule has 18 heavy (non-hydrogen) atoms. The van der Waals surface area contributed by atoms with Crippen LogP contribution in [0.3, 0.4) is 0 Å². The predicted molar refractivity (Wildman–Crippen MR) is 75.1 cm³/mol. The Morgan fingerprint density at radius 1 is 1.56 bits per heavy atom. The molecule has 0 aromatic carbocycles. The third-order valence-corrected chi connectivity index (χ3v) is 2.97. The SMILES string of the molecule is C#CC(CCC)NC(CN)c1cnn(C(C)C)c1. The van der Waals surface area contributed by atoms with Crippen LogP contribution >= 0.6 is 0 Å². The number of hydrogen-bond acceptors (Lipinski definition) is 3. The van der Waals surface area contributed by atoms with Crippen LogP contribution in [0.4, 0.5) is 0 Å². The van der Waals surface area contributed by atoms with Crippen LogP contribution in [0.25, 0.3) is 0 Å². The molecule has 4 nitrogen and oxygen atoms in total. The van der Waals surface area contributed by atoms with Crippen molar-refractivity contribution in [2.24, 2.45) is 5.73 Å². The molecule has 0 aliphatic carbocycles. The van der Waals surface area contributed by atoms with Crippen molar-refractivity contribution < 1.29 is 0 Å². The van der Waals surface area contributed by atoms with Crippen LogP contribution in [0.1, 0.15) is 51.3 Å². The lowest BCUT2D eigenvalue weighted by molar-refractivity contribution is 0.473. The number of aromatic nitrogens is 2. The van der Waals surface area contributed by atoms with Gasteiger partial charge in [0, 0.05) is 30.4 Å². The Hall–Kier alpha value is -1.31. The third-order valence-electron chi connectivity index (χ3n) is 2.97. The van der Waals surface area contributed by atoms with E-state index in [9.17, 15) is 0 Å². The summed E-state index contributed by atoms with van der Waals surface area (Å²) >= 11 is 0. The van der Waals surface area contributed by atoms with Gasteiger partial charge in [0.05, 0.1) is 12.2 Å². The molecule has 0 saturated carbocycles. The van der Waals surface area contributed by atoms with Crippen molar-refractivity contribution in [1.29, 1.82) is 0 Å². The van der Waals surface area contributed by atoms with E-state index in [1.807, 2.05) is 17.1 Å². The van der Waals surface area contributed by atoms with Crippen molar-refractivity contribution in [2.45, 2.75) is 51.7 Å². The molecule has 3 N–H and O–H groups in total. The fourth-order valence-corrected chi connectivity index (χ4v) is 1.86. The van der Waals surface area contributed by atoms with E-state index in [2.05, 4.69) is 37.1 Å². The van der Waals surface area contributed by atoms with Crippen molar-refractivity contribution in [3.63, 3.8) is 0 Å². The molecule has 0 fully saturated rings. The maximum absolute atomic E-state index is 5.82. The molecule has 0 bridgehead atoms. The summed E-state index contributed by atoms with van der Waals surface area (Å²) in [4.78, 5) is 0. The lowest BCUT2D eigenvalue weighted by Crippen LogP contribution is -2.35. The van der Waals surface area contributed by atoms with Crippen LogP contribution in [-0.4, -0.2) is 22.4 Å². The topological polar surface area (TPSA) is 55.9 Å². The van der Waals surface area contributed by atoms with E-state index in [1.54, 1.807) is 0 Å². The highest BCUT2D eigenvalue weighted by Crippen LogP contribution is 2.14. The second-order valence-electron chi connectivity index (χ2n) is 4.81. The molecule has 1 aromatic heterocycles. The first kappa shape index (κ1) is 14.7. The number of hydrogen-bond donors (Lipinski definition) is 2. The highest BCUT2D eigenvalue weighted by molar-refractivity contribution is 5.13. The summed E-state index contributed by atoms with van der Waals surface area (Å²) in [7, 11) is 0. The molecule has 2 unspecified atom stereocenters. The third kappa shape index (κ3) is 3.86. The zero-order valence-electron chi connectivity index (χ0n) is 11.6. The summed E-state index contributed by atoms with van der Waals surface area (Å²) in [5.41, 5.74) is 6.92. The normalized spacial score (nSPS) is 14.4. The van der Waals surface area contributed by atoms with Gasteiger partial charge in [-0.2, -0.15) is 5.10 Å². The summed E-state index contributed by atoms with van der Waals surface area (Å²) in [5, 5.41) is 7.74. The van der Waals surface area contributed by atoms with E-state index < -0.39 is 0 Å². The minimum absolute atomic E-state index is 0.0742. The Labute approximate surface area is 110 Å². The van der Waals surface area contributed by atoms with Gasteiger partial charge in [-0.05, 0) is 20.3 Å². The van der Waals surface area contributed by atoms with Gasteiger partial charge in [0.1, 0.15) is 0 Å². The van der Waals surface area contributed by atoms with Gasteiger partial charge in [-0.15, -0.1) is 6.42 Å². The van der Waals surface area contributed by atoms with Crippen molar-refractivity contribution in [3.05, 3.63) is 18.0 Å². The van der Waals surface area contributed by atoms with Crippen LogP contribution in [0, 0.1) is 12.3 Å². The van der Waals surface area contributed by atoms with Gasteiger partial charge in [-0.25, -0.2) is 0 Å². The zero-order valence-corrected chi connectivity index (χ0v) is 11.6. The van der Waals surface area contributed by atoms with Crippen LogP contribution in [0.5, 0.6) is 0 Å². The first-order valence-corrected chi connectivity index (χ1v) is 6.58. The molecule has 1 rings (SSSR count). The molecule has 1 heterocycles. The van der Waals surface area contributed by atoms with E-state index in [-0.39, 0.29) is 12.1 Å². The number of rotatable bonds is 7. The van der Waals surface area contributed by atoms with E-state index in [4.69, 9.17) is 12.2 Å². The van der Waals surface area contributed by atoms with Crippen LogP contribution in [0.2, 0.25) is 0 Å². The molecule has 4 heteroatoms. The Morgan fingerprint density at radius 2 is 2.28 bits per heavy atom. The average Bonchev–Trinajstić information content (AvgIpc) is 2.84. The number of nitrogens with zero attached hydrogens (tertiary/aromatic N) is 2. The van der Waals surface area contributed by atoms with Crippen molar-refractivity contribution in [2.75, 3.05) is 6.54 Å². The molecular formula is C14H24N4. The van der Waals surface area contributed by atoms with Gasteiger partial charge in [-0.1, -0.05) is 19.3 Å². The first-order chi connectivity index (χ1) is 8.62. The monoisotopic (exact) mass is 248 g/mol. The van der Waals surface area contributed by atoms with E-state index in [0.29, 0.717) is 12.6 Å². The van der Waals surface area contributed by atoms with Gasteiger partial charge in [0.15, 0.2) is 0 Å². The van der Waals surface area contributed by atoms with Crippen LogP contribution < -0.4 is 11.1 Å². The first-order valence-electron chi connectivity index (χ1n) is 6.58. The van der Waals surface area contributed by atoms with Gasteiger partial charge < -0.3 is 5.73 Å². The summed E-state index contributed by atoms with van der Waals surface area (Å²) in [6, 6.07) is 0.507. The maximum Gasteiger partial charge on any atom is 0.0692 e. The van der Waals surface area contributed by atoms with Crippen LogP contribution in [0.15, 0.2) is 12.4 Å². The van der Waals surface area contributed by atoms with Gasteiger partial charge in [-0.3, -0.25) is 10.00 Å². The quantitative estimate of drug-likeness (QED) is 0.724. The highest BCUT2D eigenvalue weighted by atomic mass is 15.3. The molecule has 1 aromatic rings. The Morgan fingerprint density at radius 3 is 2.72 bits per heavy atom. The van der Waals surface area contributed by atoms with Gasteiger partial charge in [0.25, 0.3) is 0 Å². The van der Waals surface area contributed by atoms with E-state index in [1.165, 1.54) is 0 Å². The number of nitrogens with one attached hydrogen (secondary N) is 1. The Balaban J connectivity index is 2.73. The van der Waals surface area contributed by atoms with Crippen LogP contribution in [-0.2, 0) is 0 Å². The summed E-state index contributed by atoms with van der Waals surface area (Å²) in [5.74, 6) is 2.77. The minimum Gasteiger partial charge on any atom is -0.329 e. The lowest BCUT2D eigenvalue weighted by atomic mass is 10.1. The highest BCUT2D eigenvalue weighted by Gasteiger charge is 2.15. The molecule has 0 amide bonds. The average molecular weight is 248 g/mol. The lowest BCUT2D eigenvalue weighted by Gasteiger charge is -2.20. The molecule has 100 valence electrons. The fraction of sp³-hybridized carbons (Fsp3) is 0.643. The molecule has 0 aliphatic heterocycles. The number of terminal acetylenes is 1. The maximum atomic E-state index is 5.82. The largest absolute Gasteiger partial charge is 0.329 e. The summed E-state index contributed by atoms with van der Waals surface area (Å²) < 4.78 is 1.93. The van der Waals surface area contributed by atoms with E-state index in [0.717, 1.165) is 18.4 Å². The van der Waals surface area contributed by atoms with Gasteiger partial charge >= 0.3 is 0 Å². The Bertz CT molecular complexity index is 389. The summed E-state index contributed by atoms with van der Waals surface area (Å²) in [6.45, 7) is 6.85. The van der Waals surface area contributed by atoms with E-state index >= 15 is 0 Å². The standard InChI is InChI=1S/C14H24N4/c1-5-7-13(6-2)17-14(8-15)12-9-16-18(10-12)11(3)4/h2,9-11,13-14,17H,5,7-8,15H2,1,3-4H3. The fourth-order valence-electron chi connectivity index (χ4n) is 1.86. The van der Waals surface area contributed by atoms with Crippen molar-refractivity contribution in [3.8, 4) is 12.3 Å². The second kappa shape index (κ2) is 7.20. The smallest absolute Gasteiger partial charge is 0.0692 e. The molecular weight excluding hydrogens is 224 g/mol. The molecule has 0 aliphatic rings. The Kier molecular flexibility index (Phi) is 5.90. The molecule has 0 radical (unpaired) electrons. The zero-order chi connectivity index (χ0) is 13.5.